The van der Waals surface area contributed by atoms with E-state index in [0.29, 0.717) is 13.1 Å². The van der Waals surface area contributed by atoms with Crippen LogP contribution in [0.25, 0.3) is 0 Å². The summed E-state index contributed by atoms with van der Waals surface area (Å²) in [5, 5.41) is 1.28. The van der Waals surface area contributed by atoms with E-state index in [1.165, 1.54) is 34.4 Å². The number of benzene rings is 1. The van der Waals surface area contributed by atoms with Crippen LogP contribution >= 0.6 is 11.8 Å². The lowest BCUT2D eigenvalue weighted by Gasteiger charge is -2.29. The van der Waals surface area contributed by atoms with Crippen molar-refractivity contribution in [1.29, 1.82) is 0 Å². The molecule has 3 rings (SSSR count). The molecule has 26 heavy (non-hydrogen) atoms. The number of halogens is 2. The summed E-state index contributed by atoms with van der Waals surface area (Å²) in [6.45, 7) is 1.54. The van der Waals surface area contributed by atoms with Crippen molar-refractivity contribution in [3.05, 3.63) is 36.2 Å². The lowest BCUT2D eigenvalue weighted by Crippen LogP contribution is -2.36. The summed E-state index contributed by atoms with van der Waals surface area (Å²) in [6, 6.07) is 2.34. The van der Waals surface area contributed by atoms with Gasteiger partial charge in [0, 0.05) is 49.1 Å². The Bertz CT molecular complexity index is 676. The third-order valence-corrected chi connectivity index (χ3v) is 5.15. The maximum atomic E-state index is 14.6. The van der Waals surface area contributed by atoms with Crippen LogP contribution in [0, 0.1) is 11.6 Å². The number of anilines is 2. The van der Waals surface area contributed by atoms with E-state index in [4.69, 9.17) is 16.3 Å². The molecule has 0 bridgehead atoms. The Morgan fingerprint density at radius 1 is 1.31 bits per heavy atom. The summed E-state index contributed by atoms with van der Waals surface area (Å²) < 4.78 is 34.3. The summed E-state index contributed by atoms with van der Waals surface area (Å²) in [6.07, 6.45) is 1.49. The smallest absolute Gasteiger partial charge is 0.414 e. The van der Waals surface area contributed by atoms with E-state index >= 15 is 0 Å². The second-order valence-corrected chi connectivity index (χ2v) is 7.24. The highest BCUT2D eigenvalue weighted by molar-refractivity contribution is 7.99. The highest BCUT2D eigenvalue weighted by Crippen LogP contribution is 2.32. The fourth-order valence-corrected chi connectivity index (χ4v) is 3.93. The average molecular weight is 385 g/mol. The van der Waals surface area contributed by atoms with Crippen LogP contribution in [0.15, 0.2) is 24.5 Å². The van der Waals surface area contributed by atoms with Crippen LogP contribution in [0.2, 0.25) is 0 Å². The predicted molar refractivity (Wildman–Crippen MR) is 97.7 cm³/mol. The van der Waals surface area contributed by atoms with Gasteiger partial charge in [0.15, 0.2) is 11.6 Å². The predicted octanol–water partition coefficient (Wildman–Crippen LogP) is 1.45. The van der Waals surface area contributed by atoms with E-state index in [2.05, 4.69) is 0 Å². The van der Waals surface area contributed by atoms with Crippen LogP contribution in [-0.2, 0) is 4.74 Å². The third kappa shape index (κ3) is 3.96. The molecule has 2 fully saturated rings. The number of rotatable bonds is 5. The quantitative estimate of drug-likeness (QED) is 0.586. The van der Waals surface area contributed by atoms with Gasteiger partial charge >= 0.3 is 6.09 Å². The number of thioether (sulfide) groups is 1. The number of carbonyl (C=O) groups is 1. The molecule has 4 N–H and O–H groups in total. The number of hydrazine groups is 1. The highest BCUT2D eigenvalue weighted by atomic mass is 32.2. The number of nitrogens with two attached hydrogens (primary N) is 2. The maximum Gasteiger partial charge on any atom is 0.414 e. The number of hydrogen-bond acceptors (Lipinski definition) is 7. The van der Waals surface area contributed by atoms with Crippen molar-refractivity contribution >= 4 is 29.2 Å². The molecule has 0 aliphatic carbocycles. The van der Waals surface area contributed by atoms with Gasteiger partial charge in [-0.25, -0.2) is 19.4 Å². The molecule has 0 spiro atoms. The molecule has 0 saturated carbocycles. The fraction of sp³-hybridized carbons (Fsp3) is 0.438. The Morgan fingerprint density at radius 3 is 2.58 bits per heavy atom. The van der Waals surface area contributed by atoms with Gasteiger partial charge in [-0.05, 0) is 0 Å². The van der Waals surface area contributed by atoms with Gasteiger partial charge < -0.3 is 20.4 Å². The summed E-state index contributed by atoms with van der Waals surface area (Å²) in [5.74, 6) is 5.96. The van der Waals surface area contributed by atoms with Crippen molar-refractivity contribution in [2.45, 2.75) is 6.10 Å². The van der Waals surface area contributed by atoms with E-state index in [1.807, 2.05) is 0 Å². The first kappa shape index (κ1) is 18.6. The van der Waals surface area contributed by atoms with E-state index in [9.17, 15) is 13.6 Å². The lowest BCUT2D eigenvalue weighted by atomic mass is 10.2. The number of cyclic esters (lactones) is 1. The van der Waals surface area contributed by atoms with Crippen molar-refractivity contribution in [2.24, 2.45) is 11.6 Å². The topological polar surface area (TPSA) is 88.1 Å². The van der Waals surface area contributed by atoms with Gasteiger partial charge in [0.1, 0.15) is 11.8 Å². The zero-order valence-electron chi connectivity index (χ0n) is 14.1. The van der Waals surface area contributed by atoms with Gasteiger partial charge in [0.05, 0.1) is 18.8 Å². The Hall–Kier alpha value is -2.20. The molecule has 1 aromatic rings. The molecular weight excluding hydrogens is 364 g/mol. The largest absolute Gasteiger partial charge is 0.442 e. The van der Waals surface area contributed by atoms with Crippen LogP contribution < -0.4 is 21.4 Å². The summed E-state index contributed by atoms with van der Waals surface area (Å²) in [5.41, 5.74) is 5.33. The van der Waals surface area contributed by atoms with Gasteiger partial charge in [0.2, 0.25) is 0 Å². The van der Waals surface area contributed by atoms with E-state index in [0.717, 1.165) is 11.5 Å². The molecular formula is C16H21F2N5O2S. The minimum absolute atomic E-state index is 0.0422. The van der Waals surface area contributed by atoms with Crippen LogP contribution in [0.3, 0.4) is 0 Å². The van der Waals surface area contributed by atoms with Crippen molar-refractivity contribution < 1.29 is 18.3 Å². The monoisotopic (exact) mass is 385 g/mol. The molecule has 142 valence electrons. The van der Waals surface area contributed by atoms with Crippen molar-refractivity contribution in [3.63, 3.8) is 0 Å². The number of amides is 1. The van der Waals surface area contributed by atoms with Crippen LogP contribution in [0.4, 0.5) is 25.0 Å². The minimum atomic E-state index is -0.685. The van der Waals surface area contributed by atoms with Crippen molar-refractivity contribution in [2.75, 3.05) is 47.5 Å². The molecule has 10 heteroatoms. The molecule has 1 atom stereocenters. The van der Waals surface area contributed by atoms with Gasteiger partial charge in [-0.1, -0.05) is 0 Å². The SMILES string of the molecule is N/C=C\N(N)C[C@H]1CN(c2cc(F)c(N3CCSCC3)c(F)c2)C(=O)O1. The summed E-state index contributed by atoms with van der Waals surface area (Å²) in [7, 11) is 0. The van der Waals surface area contributed by atoms with Gasteiger partial charge in [-0.2, -0.15) is 11.8 Å². The molecule has 2 saturated heterocycles. The summed E-state index contributed by atoms with van der Waals surface area (Å²) in [4.78, 5) is 15.0. The Morgan fingerprint density at radius 2 is 1.96 bits per heavy atom. The second-order valence-electron chi connectivity index (χ2n) is 6.01. The highest BCUT2D eigenvalue weighted by Gasteiger charge is 2.34. The van der Waals surface area contributed by atoms with Crippen molar-refractivity contribution in [3.8, 4) is 0 Å². The van der Waals surface area contributed by atoms with Crippen molar-refractivity contribution in [1.82, 2.24) is 5.01 Å². The molecule has 2 aliphatic rings. The van der Waals surface area contributed by atoms with Crippen LogP contribution in [0.1, 0.15) is 0 Å². The van der Waals surface area contributed by atoms with Gasteiger partial charge in [-0.15, -0.1) is 0 Å². The summed E-state index contributed by atoms with van der Waals surface area (Å²) >= 11 is 1.75. The minimum Gasteiger partial charge on any atom is -0.442 e. The fourth-order valence-electron chi connectivity index (χ4n) is 3.03. The Balaban J connectivity index is 1.76. The van der Waals surface area contributed by atoms with Crippen LogP contribution in [-0.4, -0.2) is 54.9 Å². The first-order chi connectivity index (χ1) is 12.5. The third-order valence-electron chi connectivity index (χ3n) is 4.21. The number of carbonyl (C=O) groups excluding carboxylic acids is 1. The number of hydrogen-bond donors (Lipinski definition) is 2. The molecule has 1 aromatic carbocycles. The zero-order valence-corrected chi connectivity index (χ0v) is 14.9. The van der Waals surface area contributed by atoms with E-state index in [1.54, 1.807) is 16.7 Å². The van der Waals surface area contributed by atoms with Gasteiger partial charge in [0.25, 0.3) is 0 Å². The molecule has 0 radical (unpaired) electrons. The average Bonchev–Trinajstić information content (AvgIpc) is 2.95. The lowest BCUT2D eigenvalue weighted by molar-refractivity contribution is 0.122. The zero-order chi connectivity index (χ0) is 18.7. The van der Waals surface area contributed by atoms with Crippen LogP contribution in [0.5, 0.6) is 0 Å². The number of ether oxygens (including phenoxy) is 1. The van der Waals surface area contributed by atoms with Gasteiger partial charge in [-0.3, -0.25) is 4.90 Å². The Kier molecular flexibility index (Phi) is 5.72. The van der Waals surface area contributed by atoms with E-state index < -0.39 is 23.8 Å². The maximum absolute atomic E-state index is 14.6. The standard InChI is InChI=1S/C16H21F2N5O2S/c17-13-7-11(8-14(18)15(13)21-3-5-26-6-4-21)23-10-12(25-16(23)24)9-22(20)2-1-19/h1-2,7-8,12H,3-6,9-10,19-20H2/b2-1-/t12-/m0/s1. The molecule has 2 heterocycles. The molecule has 7 nitrogen and oxygen atoms in total. The normalized spacial score (nSPS) is 20.7. The van der Waals surface area contributed by atoms with E-state index in [-0.39, 0.29) is 24.5 Å². The first-order valence-corrected chi connectivity index (χ1v) is 9.34. The second kappa shape index (κ2) is 8.00. The molecule has 1 amide bonds. The number of nitrogens with zero attached hydrogens (tertiary/aromatic N) is 3. The molecule has 2 aliphatic heterocycles. The molecule has 0 aromatic heterocycles. The molecule has 0 unspecified atom stereocenters. The Labute approximate surface area is 154 Å². The first-order valence-electron chi connectivity index (χ1n) is 8.19.